The first-order chi connectivity index (χ1) is 12.7. The third kappa shape index (κ3) is 3.37. The number of benzene rings is 3. The molecule has 0 saturated heterocycles. The van der Waals surface area contributed by atoms with Crippen molar-refractivity contribution in [2.45, 2.75) is 4.90 Å². The van der Waals surface area contributed by atoms with Gasteiger partial charge in [0.25, 0.3) is 0 Å². The van der Waals surface area contributed by atoms with Crippen molar-refractivity contribution in [3.8, 4) is 16.9 Å². The zero-order chi connectivity index (χ0) is 17.9. The second kappa shape index (κ2) is 7.10. The van der Waals surface area contributed by atoms with Gasteiger partial charge in [0, 0.05) is 10.5 Å². The number of thioether (sulfide) groups is 1. The van der Waals surface area contributed by atoms with E-state index in [1.165, 1.54) is 4.90 Å². The van der Waals surface area contributed by atoms with Gasteiger partial charge in [-0.25, -0.2) is 4.98 Å². The number of aromatic nitrogens is 2. The molecular formula is C22H18N2OS. The van der Waals surface area contributed by atoms with E-state index >= 15 is 0 Å². The summed E-state index contributed by atoms with van der Waals surface area (Å²) >= 11 is 1.73. The van der Waals surface area contributed by atoms with Crippen LogP contribution in [0.15, 0.2) is 71.6 Å². The second-order valence-electron chi connectivity index (χ2n) is 5.98. The molecule has 1 aromatic heterocycles. The number of nitrogens with zero attached hydrogens (tertiary/aromatic N) is 1. The number of imidazole rings is 1. The summed E-state index contributed by atoms with van der Waals surface area (Å²) in [6.45, 7) is 0. The van der Waals surface area contributed by atoms with Gasteiger partial charge in [-0.05, 0) is 53.8 Å². The van der Waals surface area contributed by atoms with Crippen LogP contribution in [0.5, 0.6) is 5.75 Å². The summed E-state index contributed by atoms with van der Waals surface area (Å²) in [5.41, 5.74) is 4.75. The lowest BCUT2D eigenvalue weighted by molar-refractivity contribution is 0.477. The van der Waals surface area contributed by atoms with Gasteiger partial charge in [0.05, 0.1) is 11.0 Å². The molecule has 128 valence electrons. The van der Waals surface area contributed by atoms with Gasteiger partial charge >= 0.3 is 0 Å². The highest BCUT2D eigenvalue weighted by atomic mass is 32.2. The van der Waals surface area contributed by atoms with Crippen molar-refractivity contribution in [3.05, 3.63) is 78.1 Å². The Bertz CT molecular complexity index is 1080. The van der Waals surface area contributed by atoms with Gasteiger partial charge in [0.2, 0.25) is 0 Å². The number of para-hydroxylation sites is 1. The lowest BCUT2D eigenvalue weighted by atomic mass is 10.0. The number of phenols is 1. The van der Waals surface area contributed by atoms with Crippen LogP contribution in [0.2, 0.25) is 0 Å². The van der Waals surface area contributed by atoms with Gasteiger partial charge in [-0.3, -0.25) is 0 Å². The molecule has 4 rings (SSSR count). The number of aromatic hydroxyl groups is 1. The van der Waals surface area contributed by atoms with Crippen LogP contribution >= 0.6 is 11.8 Å². The van der Waals surface area contributed by atoms with E-state index in [4.69, 9.17) is 0 Å². The van der Waals surface area contributed by atoms with Gasteiger partial charge in [-0.15, -0.1) is 11.8 Å². The molecule has 0 aliphatic heterocycles. The number of phenolic OH excluding ortho intramolecular Hbond substituents is 1. The number of H-pyrrole nitrogens is 1. The highest BCUT2D eigenvalue weighted by Crippen LogP contribution is 2.30. The molecule has 0 radical (unpaired) electrons. The fourth-order valence-corrected chi connectivity index (χ4v) is 3.29. The van der Waals surface area contributed by atoms with E-state index in [0.717, 1.165) is 33.5 Å². The van der Waals surface area contributed by atoms with Crippen LogP contribution in [-0.4, -0.2) is 21.3 Å². The summed E-state index contributed by atoms with van der Waals surface area (Å²) in [7, 11) is 0. The first kappa shape index (κ1) is 16.5. The van der Waals surface area contributed by atoms with E-state index in [9.17, 15) is 5.11 Å². The van der Waals surface area contributed by atoms with Crippen molar-refractivity contribution >= 4 is 34.9 Å². The zero-order valence-corrected chi connectivity index (χ0v) is 15.1. The lowest BCUT2D eigenvalue weighted by Gasteiger charge is -2.03. The SMILES string of the molecule is CSc1ccc(/C=C/c2nc3cc(-c4ccccc4O)ccc3[nH]2)cc1. The van der Waals surface area contributed by atoms with Gasteiger partial charge in [-0.2, -0.15) is 0 Å². The fourth-order valence-electron chi connectivity index (χ4n) is 2.88. The number of fused-ring (bicyclic) bond motifs is 1. The van der Waals surface area contributed by atoms with Crippen LogP contribution in [0.4, 0.5) is 0 Å². The molecule has 3 aromatic carbocycles. The van der Waals surface area contributed by atoms with E-state index in [-0.39, 0.29) is 5.75 Å². The fraction of sp³-hybridized carbons (Fsp3) is 0.0455. The second-order valence-corrected chi connectivity index (χ2v) is 6.86. The molecule has 0 atom stereocenters. The Hall–Kier alpha value is -2.98. The minimum atomic E-state index is 0.274. The molecule has 0 fully saturated rings. The molecule has 0 spiro atoms. The molecule has 3 nitrogen and oxygen atoms in total. The average molecular weight is 358 g/mol. The molecule has 0 unspecified atom stereocenters. The van der Waals surface area contributed by atoms with E-state index in [1.807, 2.05) is 48.6 Å². The molecule has 2 N–H and O–H groups in total. The summed E-state index contributed by atoms with van der Waals surface area (Å²) in [6.07, 6.45) is 6.10. The summed E-state index contributed by atoms with van der Waals surface area (Å²) in [4.78, 5) is 9.22. The minimum Gasteiger partial charge on any atom is -0.507 e. The normalized spacial score (nSPS) is 11.4. The number of nitrogens with one attached hydrogen (secondary N) is 1. The highest BCUT2D eigenvalue weighted by molar-refractivity contribution is 7.98. The third-order valence-corrected chi connectivity index (χ3v) is 5.01. The van der Waals surface area contributed by atoms with Gasteiger partial charge in [-0.1, -0.05) is 42.5 Å². The van der Waals surface area contributed by atoms with Gasteiger partial charge < -0.3 is 10.1 Å². The molecule has 0 saturated carbocycles. The van der Waals surface area contributed by atoms with E-state index < -0.39 is 0 Å². The molecule has 0 bridgehead atoms. The van der Waals surface area contributed by atoms with E-state index in [1.54, 1.807) is 17.8 Å². The molecule has 1 heterocycles. The van der Waals surface area contributed by atoms with Crippen LogP contribution < -0.4 is 0 Å². The summed E-state index contributed by atoms with van der Waals surface area (Å²) in [5.74, 6) is 1.08. The van der Waals surface area contributed by atoms with Crippen LogP contribution in [-0.2, 0) is 0 Å². The number of aromatic amines is 1. The number of hydrogen-bond acceptors (Lipinski definition) is 3. The van der Waals surface area contributed by atoms with Gasteiger partial charge in [0.1, 0.15) is 11.6 Å². The monoisotopic (exact) mass is 358 g/mol. The van der Waals surface area contributed by atoms with Crippen molar-refractivity contribution in [2.24, 2.45) is 0 Å². The standard InChI is InChI=1S/C22H18N2OS/c1-26-17-10-6-15(7-11-17)8-13-22-23-19-12-9-16(14-20(19)24-22)18-4-2-3-5-21(18)25/h2-14,25H,1H3,(H,23,24)/b13-8+. The van der Waals surface area contributed by atoms with Crippen molar-refractivity contribution in [1.82, 2.24) is 9.97 Å². The summed E-state index contributed by atoms with van der Waals surface area (Å²) in [6, 6.07) is 21.7. The largest absolute Gasteiger partial charge is 0.507 e. The van der Waals surface area contributed by atoms with Crippen molar-refractivity contribution in [2.75, 3.05) is 6.26 Å². The maximum Gasteiger partial charge on any atom is 0.131 e. The highest BCUT2D eigenvalue weighted by Gasteiger charge is 2.06. The topological polar surface area (TPSA) is 48.9 Å². The maximum atomic E-state index is 10.0. The molecule has 4 heteroatoms. The summed E-state index contributed by atoms with van der Waals surface area (Å²) in [5, 5.41) is 10.0. The van der Waals surface area contributed by atoms with Gasteiger partial charge in [0.15, 0.2) is 0 Å². The summed E-state index contributed by atoms with van der Waals surface area (Å²) < 4.78 is 0. The Kier molecular flexibility index (Phi) is 4.50. The van der Waals surface area contributed by atoms with Crippen molar-refractivity contribution in [3.63, 3.8) is 0 Å². The number of hydrogen-bond donors (Lipinski definition) is 2. The Morgan fingerprint density at radius 2 is 1.77 bits per heavy atom. The predicted molar refractivity (Wildman–Crippen MR) is 110 cm³/mol. The molecule has 0 aliphatic rings. The first-order valence-electron chi connectivity index (χ1n) is 8.33. The molecule has 0 amide bonds. The Morgan fingerprint density at radius 1 is 0.962 bits per heavy atom. The molecule has 0 aliphatic carbocycles. The molecule has 4 aromatic rings. The predicted octanol–water partition coefficient (Wildman–Crippen LogP) is 5.83. The molecule has 26 heavy (non-hydrogen) atoms. The lowest BCUT2D eigenvalue weighted by Crippen LogP contribution is -1.79. The molecular weight excluding hydrogens is 340 g/mol. The zero-order valence-electron chi connectivity index (χ0n) is 14.3. The first-order valence-corrected chi connectivity index (χ1v) is 9.56. The Morgan fingerprint density at radius 3 is 2.54 bits per heavy atom. The Labute approximate surface area is 156 Å². The van der Waals surface area contributed by atoms with E-state index in [2.05, 4.69) is 40.5 Å². The van der Waals surface area contributed by atoms with Crippen LogP contribution in [0.3, 0.4) is 0 Å². The smallest absolute Gasteiger partial charge is 0.131 e. The van der Waals surface area contributed by atoms with Crippen LogP contribution in [0.25, 0.3) is 34.3 Å². The van der Waals surface area contributed by atoms with Crippen LogP contribution in [0, 0.1) is 0 Å². The Balaban J connectivity index is 1.63. The minimum absolute atomic E-state index is 0.274. The number of rotatable bonds is 4. The van der Waals surface area contributed by atoms with Crippen molar-refractivity contribution < 1.29 is 5.11 Å². The van der Waals surface area contributed by atoms with Crippen LogP contribution in [0.1, 0.15) is 11.4 Å². The third-order valence-electron chi connectivity index (χ3n) is 4.27. The van der Waals surface area contributed by atoms with Crippen molar-refractivity contribution in [1.29, 1.82) is 0 Å². The van der Waals surface area contributed by atoms with E-state index in [0.29, 0.717) is 0 Å². The quantitative estimate of drug-likeness (QED) is 0.451. The maximum absolute atomic E-state index is 10.0. The average Bonchev–Trinajstić information content (AvgIpc) is 3.09.